The first-order valence-corrected chi connectivity index (χ1v) is 12.1. The minimum absolute atomic E-state index is 0.0521. The lowest BCUT2D eigenvalue weighted by atomic mass is 10.1. The number of benzene rings is 3. The minimum Gasteiger partial charge on any atom is -0.492 e. The maximum atomic E-state index is 12.8. The predicted octanol–water partition coefficient (Wildman–Crippen LogP) is 3.47. The van der Waals surface area contributed by atoms with E-state index in [1.54, 1.807) is 43.3 Å². The first-order chi connectivity index (χ1) is 16.1. The molecule has 0 radical (unpaired) electrons. The molecule has 0 bridgehead atoms. The highest BCUT2D eigenvalue weighted by molar-refractivity contribution is 7.91. The van der Waals surface area contributed by atoms with E-state index in [0.29, 0.717) is 22.9 Å². The molecule has 8 nitrogen and oxygen atoms in total. The van der Waals surface area contributed by atoms with E-state index in [0.717, 1.165) is 0 Å². The minimum atomic E-state index is -3.77. The van der Waals surface area contributed by atoms with Crippen molar-refractivity contribution in [2.75, 3.05) is 19.8 Å². The van der Waals surface area contributed by atoms with Crippen molar-refractivity contribution in [2.45, 2.75) is 22.4 Å². The van der Waals surface area contributed by atoms with Crippen LogP contribution in [0, 0.1) is 0 Å². The van der Waals surface area contributed by atoms with E-state index in [1.807, 2.05) is 0 Å². The first kappa shape index (κ1) is 25.5. The van der Waals surface area contributed by atoms with Gasteiger partial charge in [0, 0.05) is 11.6 Å². The molecule has 10 heteroatoms. The van der Waals surface area contributed by atoms with E-state index >= 15 is 0 Å². The molecule has 0 spiro atoms. The molecule has 0 amide bonds. The Bertz CT molecular complexity index is 1230. The summed E-state index contributed by atoms with van der Waals surface area (Å²) in [6.45, 7) is 1.67. The van der Waals surface area contributed by atoms with Crippen LogP contribution in [0.3, 0.4) is 0 Å². The monoisotopic (exact) mass is 505 g/mol. The molecular weight excluding hydrogens is 482 g/mol. The highest BCUT2D eigenvalue weighted by Gasteiger charge is 2.22. The number of aliphatic carboxylic acids is 1. The maximum Gasteiger partial charge on any atom is 0.341 e. The summed E-state index contributed by atoms with van der Waals surface area (Å²) in [5.74, 6) is -0.394. The van der Waals surface area contributed by atoms with Gasteiger partial charge in [-0.3, -0.25) is 5.32 Å². The molecule has 0 aliphatic heterocycles. The molecule has 0 aliphatic carbocycles. The van der Waals surface area contributed by atoms with Crippen LogP contribution in [0.5, 0.6) is 11.5 Å². The molecule has 0 unspecified atom stereocenters. The largest absolute Gasteiger partial charge is 0.492 e. The molecule has 34 heavy (non-hydrogen) atoms. The molecule has 3 N–H and O–H groups in total. The number of nitrogens with one attached hydrogen (secondary N) is 1. The molecule has 0 aliphatic rings. The Labute approximate surface area is 202 Å². The van der Waals surface area contributed by atoms with Crippen LogP contribution in [0.15, 0.2) is 82.6 Å². The van der Waals surface area contributed by atoms with Gasteiger partial charge < -0.3 is 19.7 Å². The first-order valence-electron chi connectivity index (χ1n) is 10.2. The van der Waals surface area contributed by atoms with Crippen LogP contribution in [-0.4, -0.2) is 44.4 Å². The highest BCUT2D eigenvalue weighted by Crippen LogP contribution is 2.25. The second-order valence-electron chi connectivity index (χ2n) is 7.49. The third-order valence-corrected chi connectivity index (χ3v) is 6.88. The Hall–Kier alpha value is -3.11. The van der Waals surface area contributed by atoms with Crippen LogP contribution in [0.2, 0.25) is 5.02 Å². The standard InChI is InChI=1S/C24H24ClNO7S/c1-24(29,17-3-2-4-18(25)15-17)26-13-14-32-19-5-9-21(10-6-19)34(30,31)22-11-7-20(8-12-22)33-16-23(27)28/h2-12,15,26,29H,13-14,16H2,1H3,(H,27,28)/t24-/m0/s1. The van der Waals surface area contributed by atoms with Crippen molar-refractivity contribution in [1.82, 2.24) is 5.32 Å². The van der Waals surface area contributed by atoms with Gasteiger partial charge in [0.05, 0.1) is 9.79 Å². The number of aliphatic hydroxyl groups is 1. The lowest BCUT2D eigenvalue weighted by Gasteiger charge is -2.25. The summed E-state index contributed by atoms with van der Waals surface area (Å²) in [4.78, 5) is 10.7. The van der Waals surface area contributed by atoms with Gasteiger partial charge >= 0.3 is 5.97 Å². The molecule has 1 atom stereocenters. The van der Waals surface area contributed by atoms with Gasteiger partial charge in [0.15, 0.2) is 6.61 Å². The normalized spacial score (nSPS) is 13.1. The van der Waals surface area contributed by atoms with E-state index in [-0.39, 0.29) is 22.1 Å². The second-order valence-corrected chi connectivity index (χ2v) is 9.87. The fourth-order valence-electron chi connectivity index (χ4n) is 3.07. The lowest BCUT2D eigenvalue weighted by Crippen LogP contribution is -2.41. The summed E-state index contributed by atoms with van der Waals surface area (Å²) in [6, 6.07) is 18.4. The summed E-state index contributed by atoms with van der Waals surface area (Å²) < 4.78 is 36.3. The number of hydrogen-bond donors (Lipinski definition) is 3. The molecule has 0 saturated carbocycles. The number of carboxylic acids is 1. The molecule has 3 aromatic carbocycles. The van der Waals surface area contributed by atoms with Crippen LogP contribution in [0.25, 0.3) is 0 Å². The quantitative estimate of drug-likeness (QED) is 0.267. The second kappa shape index (κ2) is 10.9. The Kier molecular flexibility index (Phi) is 8.16. The SMILES string of the molecule is C[C@@](O)(NCCOc1ccc(S(=O)(=O)c2ccc(OCC(=O)O)cc2)cc1)c1cccc(Cl)c1. The number of carboxylic acid groups (broad SMARTS) is 1. The van der Waals surface area contributed by atoms with Crippen molar-refractivity contribution >= 4 is 27.4 Å². The number of hydrogen-bond acceptors (Lipinski definition) is 7. The zero-order valence-electron chi connectivity index (χ0n) is 18.3. The van der Waals surface area contributed by atoms with Crippen molar-refractivity contribution < 1.29 is 32.9 Å². The topological polar surface area (TPSA) is 122 Å². The van der Waals surface area contributed by atoms with Crippen LogP contribution in [0.4, 0.5) is 0 Å². The molecule has 3 rings (SSSR count). The molecule has 0 aromatic heterocycles. The fourth-order valence-corrected chi connectivity index (χ4v) is 4.52. The third kappa shape index (κ3) is 6.71. The van der Waals surface area contributed by atoms with Crippen molar-refractivity contribution in [3.63, 3.8) is 0 Å². The molecule has 0 heterocycles. The van der Waals surface area contributed by atoms with Crippen LogP contribution >= 0.6 is 11.6 Å². The van der Waals surface area contributed by atoms with Gasteiger partial charge in [0.25, 0.3) is 0 Å². The predicted molar refractivity (Wildman–Crippen MR) is 126 cm³/mol. The van der Waals surface area contributed by atoms with E-state index in [4.69, 9.17) is 26.2 Å². The number of halogens is 1. The van der Waals surface area contributed by atoms with Gasteiger partial charge in [-0.15, -0.1) is 0 Å². The van der Waals surface area contributed by atoms with Crippen molar-refractivity contribution in [3.8, 4) is 11.5 Å². The van der Waals surface area contributed by atoms with Crippen LogP contribution in [0.1, 0.15) is 12.5 Å². The van der Waals surface area contributed by atoms with Gasteiger partial charge in [-0.1, -0.05) is 23.7 Å². The molecule has 0 saturated heterocycles. The third-order valence-electron chi connectivity index (χ3n) is 4.86. The molecular formula is C24H24ClNO7S. The number of ether oxygens (including phenoxy) is 2. The van der Waals surface area contributed by atoms with Crippen molar-refractivity contribution in [1.29, 1.82) is 0 Å². The van der Waals surface area contributed by atoms with Gasteiger partial charge in [0.1, 0.15) is 23.8 Å². The van der Waals surface area contributed by atoms with E-state index in [1.165, 1.54) is 36.4 Å². The summed E-state index contributed by atoms with van der Waals surface area (Å²) in [5, 5.41) is 22.7. The fraction of sp³-hybridized carbons (Fsp3) is 0.208. The van der Waals surface area contributed by atoms with E-state index < -0.39 is 28.1 Å². The van der Waals surface area contributed by atoms with Crippen molar-refractivity contribution in [3.05, 3.63) is 83.4 Å². The van der Waals surface area contributed by atoms with E-state index in [2.05, 4.69) is 5.32 Å². The van der Waals surface area contributed by atoms with E-state index in [9.17, 15) is 18.3 Å². The molecule has 180 valence electrons. The van der Waals surface area contributed by atoms with Crippen LogP contribution < -0.4 is 14.8 Å². The Morgan fingerprint density at radius 1 is 0.971 bits per heavy atom. The molecule has 3 aromatic rings. The summed E-state index contributed by atoms with van der Waals surface area (Å²) in [6.07, 6.45) is 0. The summed E-state index contributed by atoms with van der Waals surface area (Å²) in [7, 11) is -3.77. The highest BCUT2D eigenvalue weighted by atomic mass is 35.5. The number of carbonyl (C=O) groups is 1. The Balaban J connectivity index is 1.55. The van der Waals surface area contributed by atoms with Gasteiger partial charge in [-0.25, -0.2) is 13.2 Å². The maximum absolute atomic E-state index is 12.8. The average Bonchev–Trinajstić information content (AvgIpc) is 2.81. The smallest absolute Gasteiger partial charge is 0.341 e. The molecule has 0 fully saturated rings. The zero-order valence-corrected chi connectivity index (χ0v) is 19.8. The summed E-state index contributed by atoms with van der Waals surface area (Å²) >= 11 is 5.97. The lowest BCUT2D eigenvalue weighted by molar-refractivity contribution is -0.139. The van der Waals surface area contributed by atoms with Gasteiger partial charge in [-0.05, 0) is 73.2 Å². The van der Waals surface area contributed by atoms with Gasteiger partial charge in [-0.2, -0.15) is 0 Å². The number of rotatable bonds is 11. The zero-order chi connectivity index (χ0) is 24.8. The Morgan fingerprint density at radius 2 is 1.53 bits per heavy atom. The van der Waals surface area contributed by atoms with Gasteiger partial charge in [0.2, 0.25) is 9.84 Å². The number of sulfone groups is 1. The Morgan fingerprint density at radius 3 is 2.06 bits per heavy atom. The van der Waals surface area contributed by atoms with Crippen molar-refractivity contribution in [2.24, 2.45) is 0 Å². The summed E-state index contributed by atoms with van der Waals surface area (Å²) in [5.41, 5.74) is -0.670. The van der Waals surface area contributed by atoms with Crippen LogP contribution in [-0.2, 0) is 20.4 Å². The average molecular weight is 506 g/mol.